The minimum atomic E-state index is -0.666. The van der Waals surface area contributed by atoms with Crippen molar-refractivity contribution in [3.8, 4) is 5.75 Å². The first-order chi connectivity index (χ1) is 13.2. The lowest BCUT2D eigenvalue weighted by Crippen LogP contribution is -2.36. The SMILES string of the molecule is O=C(O)C1CCN(Cc2c(OCC3CCCO3)ccc3ccccc23)CC1. The van der Waals surface area contributed by atoms with E-state index in [1.807, 2.05) is 0 Å². The van der Waals surface area contributed by atoms with Crippen LogP contribution in [-0.2, 0) is 16.1 Å². The minimum absolute atomic E-state index is 0.190. The molecule has 5 nitrogen and oxygen atoms in total. The number of fused-ring (bicyclic) bond motifs is 1. The predicted octanol–water partition coefficient (Wildman–Crippen LogP) is 3.69. The van der Waals surface area contributed by atoms with E-state index in [0.29, 0.717) is 19.4 Å². The van der Waals surface area contributed by atoms with Crippen molar-refractivity contribution in [3.05, 3.63) is 42.0 Å². The number of benzene rings is 2. The van der Waals surface area contributed by atoms with Crippen LogP contribution in [-0.4, -0.2) is 48.4 Å². The number of carbonyl (C=O) groups is 1. The molecule has 1 unspecified atom stereocenters. The topological polar surface area (TPSA) is 59.0 Å². The van der Waals surface area contributed by atoms with Gasteiger partial charge in [-0.25, -0.2) is 0 Å². The van der Waals surface area contributed by atoms with E-state index < -0.39 is 5.97 Å². The van der Waals surface area contributed by atoms with Gasteiger partial charge >= 0.3 is 5.97 Å². The fraction of sp³-hybridized carbons (Fsp3) is 0.500. The number of likely N-dealkylation sites (tertiary alicyclic amines) is 1. The smallest absolute Gasteiger partial charge is 0.306 e. The number of carboxylic acids is 1. The summed E-state index contributed by atoms with van der Waals surface area (Å²) in [7, 11) is 0. The molecule has 0 bridgehead atoms. The van der Waals surface area contributed by atoms with Crippen molar-refractivity contribution in [1.29, 1.82) is 0 Å². The zero-order chi connectivity index (χ0) is 18.6. The molecule has 0 spiro atoms. The van der Waals surface area contributed by atoms with Gasteiger partial charge in [0.05, 0.1) is 12.0 Å². The van der Waals surface area contributed by atoms with Gasteiger partial charge in [0.2, 0.25) is 0 Å². The third-order valence-electron chi connectivity index (χ3n) is 5.76. The Morgan fingerprint density at radius 1 is 1.15 bits per heavy atom. The number of aliphatic carboxylic acids is 1. The number of hydrogen-bond donors (Lipinski definition) is 1. The minimum Gasteiger partial charge on any atom is -0.491 e. The Hall–Kier alpha value is -2.11. The Labute approximate surface area is 159 Å². The average Bonchev–Trinajstić information content (AvgIpc) is 3.21. The largest absolute Gasteiger partial charge is 0.491 e. The molecule has 0 radical (unpaired) electrons. The highest BCUT2D eigenvalue weighted by Gasteiger charge is 2.25. The standard InChI is InChI=1S/C22H27NO4/c24-22(25)17-9-11-23(12-10-17)14-20-19-6-2-1-4-16(19)7-8-21(20)27-15-18-5-3-13-26-18/h1-2,4,6-8,17-18H,3,5,9-15H2,(H,24,25). The van der Waals surface area contributed by atoms with Gasteiger partial charge in [0.15, 0.2) is 0 Å². The second-order valence-electron chi connectivity index (χ2n) is 7.60. The molecule has 144 valence electrons. The maximum Gasteiger partial charge on any atom is 0.306 e. The van der Waals surface area contributed by atoms with Crippen molar-refractivity contribution >= 4 is 16.7 Å². The molecule has 2 fully saturated rings. The fourth-order valence-corrected chi connectivity index (χ4v) is 4.13. The second kappa shape index (κ2) is 8.28. The van der Waals surface area contributed by atoms with Gasteiger partial charge in [-0.15, -0.1) is 0 Å². The molecular formula is C22H27NO4. The van der Waals surface area contributed by atoms with Gasteiger partial charge < -0.3 is 14.6 Å². The van der Waals surface area contributed by atoms with Crippen molar-refractivity contribution in [1.82, 2.24) is 4.90 Å². The normalized spacial score (nSPS) is 21.6. The van der Waals surface area contributed by atoms with Gasteiger partial charge in [0.25, 0.3) is 0 Å². The van der Waals surface area contributed by atoms with Crippen LogP contribution < -0.4 is 4.74 Å². The van der Waals surface area contributed by atoms with Crippen LogP contribution in [0.2, 0.25) is 0 Å². The molecule has 1 N–H and O–H groups in total. The first-order valence-corrected chi connectivity index (χ1v) is 9.91. The number of ether oxygens (including phenoxy) is 2. The molecule has 2 heterocycles. The van der Waals surface area contributed by atoms with Gasteiger partial charge in [0, 0.05) is 18.7 Å². The first kappa shape index (κ1) is 18.3. The van der Waals surface area contributed by atoms with Crippen LogP contribution in [0.5, 0.6) is 5.75 Å². The van der Waals surface area contributed by atoms with Crippen LogP contribution in [0.4, 0.5) is 0 Å². The number of nitrogens with zero attached hydrogens (tertiary/aromatic N) is 1. The monoisotopic (exact) mass is 369 g/mol. The molecule has 4 rings (SSSR count). The Bertz CT molecular complexity index is 792. The highest BCUT2D eigenvalue weighted by Crippen LogP contribution is 2.31. The Morgan fingerprint density at radius 3 is 2.70 bits per heavy atom. The average molecular weight is 369 g/mol. The molecule has 0 saturated carbocycles. The molecular weight excluding hydrogens is 342 g/mol. The fourth-order valence-electron chi connectivity index (χ4n) is 4.13. The summed E-state index contributed by atoms with van der Waals surface area (Å²) in [6, 6.07) is 12.6. The van der Waals surface area contributed by atoms with Crippen molar-refractivity contribution in [2.24, 2.45) is 5.92 Å². The van der Waals surface area contributed by atoms with Crippen LogP contribution in [0.25, 0.3) is 10.8 Å². The molecule has 2 aromatic carbocycles. The van der Waals surface area contributed by atoms with Crippen LogP contribution in [0.15, 0.2) is 36.4 Å². The van der Waals surface area contributed by atoms with E-state index >= 15 is 0 Å². The van der Waals surface area contributed by atoms with E-state index in [2.05, 4.69) is 41.3 Å². The van der Waals surface area contributed by atoms with E-state index in [0.717, 1.165) is 44.8 Å². The number of piperidine rings is 1. The third kappa shape index (κ3) is 4.25. The lowest BCUT2D eigenvalue weighted by molar-refractivity contribution is -0.143. The van der Waals surface area contributed by atoms with Gasteiger partial charge in [0.1, 0.15) is 12.4 Å². The maximum atomic E-state index is 11.2. The zero-order valence-electron chi connectivity index (χ0n) is 15.6. The molecule has 2 aromatic rings. The predicted molar refractivity (Wildman–Crippen MR) is 104 cm³/mol. The zero-order valence-corrected chi connectivity index (χ0v) is 15.6. The Morgan fingerprint density at radius 2 is 1.96 bits per heavy atom. The van der Waals surface area contributed by atoms with E-state index in [1.54, 1.807) is 0 Å². The van der Waals surface area contributed by atoms with E-state index in [4.69, 9.17) is 9.47 Å². The summed E-state index contributed by atoms with van der Waals surface area (Å²) in [4.78, 5) is 13.6. The van der Waals surface area contributed by atoms with Gasteiger partial charge in [-0.2, -0.15) is 0 Å². The van der Waals surface area contributed by atoms with Crippen LogP contribution in [0, 0.1) is 5.92 Å². The molecule has 1 atom stereocenters. The highest BCUT2D eigenvalue weighted by molar-refractivity contribution is 5.87. The van der Waals surface area contributed by atoms with Crippen molar-refractivity contribution in [3.63, 3.8) is 0 Å². The maximum absolute atomic E-state index is 11.2. The van der Waals surface area contributed by atoms with Crippen molar-refractivity contribution < 1.29 is 19.4 Å². The summed E-state index contributed by atoms with van der Waals surface area (Å²) in [6.07, 6.45) is 3.79. The van der Waals surface area contributed by atoms with Gasteiger partial charge in [-0.1, -0.05) is 30.3 Å². The van der Waals surface area contributed by atoms with E-state index in [-0.39, 0.29) is 12.0 Å². The Balaban J connectivity index is 1.53. The number of rotatable bonds is 6. The van der Waals surface area contributed by atoms with Crippen LogP contribution >= 0.6 is 0 Å². The molecule has 0 aromatic heterocycles. The number of hydrogen-bond acceptors (Lipinski definition) is 4. The highest BCUT2D eigenvalue weighted by atomic mass is 16.5. The van der Waals surface area contributed by atoms with Crippen molar-refractivity contribution in [2.75, 3.05) is 26.3 Å². The summed E-state index contributed by atoms with van der Waals surface area (Å²) in [5.74, 6) is 0.0500. The molecule has 2 saturated heterocycles. The lowest BCUT2D eigenvalue weighted by atomic mass is 9.96. The third-order valence-corrected chi connectivity index (χ3v) is 5.76. The molecule has 27 heavy (non-hydrogen) atoms. The molecule has 5 heteroatoms. The van der Waals surface area contributed by atoms with Crippen molar-refractivity contribution in [2.45, 2.75) is 38.3 Å². The summed E-state index contributed by atoms with van der Waals surface area (Å²) in [6.45, 7) is 3.83. The van der Waals surface area contributed by atoms with Gasteiger partial charge in [-0.05, 0) is 55.6 Å². The molecule has 2 aliphatic rings. The number of carboxylic acid groups (broad SMARTS) is 1. The van der Waals surface area contributed by atoms with Gasteiger partial charge in [-0.3, -0.25) is 9.69 Å². The summed E-state index contributed by atoms with van der Waals surface area (Å²) in [5, 5.41) is 11.6. The quantitative estimate of drug-likeness (QED) is 0.841. The summed E-state index contributed by atoms with van der Waals surface area (Å²) >= 11 is 0. The van der Waals surface area contributed by atoms with E-state index in [9.17, 15) is 9.90 Å². The van der Waals surface area contributed by atoms with E-state index in [1.165, 1.54) is 16.3 Å². The first-order valence-electron chi connectivity index (χ1n) is 9.91. The summed E-state index contributed by atoms with van der Waals surface area (Å²) < 4.78 is 11.9. The summed E-state index contributed by atoms with van der Waals surface area (Å²) in [5.41, 5.74) is 1.19. The van der Waals surface area contributed by atoms with Crippen LogP contribution in [0.3, 0.4) is 0 Å². The molecule has 0 amide bonds. The van der Waals surface area contributed by atoms with Crippen LogP contribution in [0.1, 0.15) is 31.2 Å². The molecule has 2 aliphatic heterocycles. The Kier molecular flexibility index (Phi) is 5.60. The second-order valence-corrected chi connectivity index (χ2v) is 7.60. The molecule has 0 aliphatic carbocycles. The lowest BCUT2D eigenvalue weighted by Gasteiger charge is -2.31.